The van der Waals surface area contributed by atoms with Crippen LogP contribution in [0.5, 0.6) is 0 Å². The Balaban J connectivity index is 1.74. The minimum Gasteiger partial charge on any atom is -0.393 e. The Hall–Kier alpha value is -0.640. The molecule has 1 aromatic rings. The molecule has 0 amide bonds. The highest BCUT2D eigenvalue weighted by Gasteiger charge is 2.18. The average molecular weight is 272 g/mol. The summed E-state index contributed by atoms with van der Waals surface area (Å²) >= 11 is 5.80. The second-order valence-electron chi connectivity index (χ2n) is 5.08. The highest BCUT2D eigenvalue weighted by atomic mass is 35.5. The fraction of sp³-hybridized carbons (Fsp3) is 0.571. The second-order valence-corrected chi connectivity index (χ2v) is 5.52. The van der Waals surface area contributed by atoms with Gasteiger partial charge in [0.05, 0.1) is 6.10 Å². The maximum absolute atomic E-state index is 13.1. The standard InChI is InChI=1S/C14H19ClFNO/c15-12-5-11(6-13(16)7-12)9-17-8-10-1-3-14(18)4-2-10/h5-7,10,14,17-18H,1-4,8-9H2. The van der Waals surface area contributed by atoms with Crippen LogP contribution >= 0.6 is 11.6 Å². The molecule has 2 rings (SSSR count). The number of hydrogen-bond donors (Lipinski definition) is 2. The summed E-state index contributed by atoms with van der Waals surface area (Å²) in [6.45, 7) is 1.55. The van der Waals surface area contributed by atoms with Gasteiger partial charge in [-0.25, -0.2) is 4.39 Å². The predicted molar refractivity (Wildman–Crippen MR) is 71.1 cm³/mol. The summed E-state index contributed by atoms with van der Waals surface area (Å²) in [5, 5.41) is 13.2. The van der Waals surface area contributed by atoms with Crippen LogP contribution in [0.3, 0.4) is 0 Å². The van der Waals surface area contributed by atoms with Gasteiger partial charge in [-0.1, -0.05) is 11.6 Å². The maximum Gasteiger partial charge on any atom is 0.125 e. The van der Waals surface area contributed by atoms with Gasteiger partial charge in [0.1, 0.15) is 5.82 Å². The highest BCUT2D eigenvalue weighted by molar-refractivity contribution is 6.30. The monoisotopic (exact) mass is 271 g/mol. The first-order valence-corrected chi connectivity index (χ1v) is 6.85. The number of aliphatic hydroxyl groups is 1. The van der Waals surface area contributed by atoms with Crippen LogP contribution in [0.15, 0.2) is 18.2 Å². The third kappa shape index (κ3) is 4.23. The SMILES string of the molecule is OC1CCC(CNCc2cc(F)cc(Cl)c2)CC1. The number of hydrogen-bond acceptors (Lipinski definition) is 2. The summed E-state index contributed by atoms with van der Waals surface area (Å²) in [7, 11) is 0. The van der Waals surface area contributed by atoms with Gasteiger partial charge in [-0.05, 0) is 61.9 Å². The minimum absolute atomic E-state index is 0.108. The van der Waals surface area contributed by atoms with E-state index in [-0.39, 0.29) is 11.9 Å². The average Bonchev–Trinajstić information content (AvgIpc) is 2.30. The lowest BCUT2D eigenvalue weighted by molar-refractivity contribution is 0.108. The Morgan fingerprint density at radius 2 is 1.94 bits per heavy atom. The smallest absolute Gasteiger partial charge is 0.125 e. The van der Waals surface area contributed by atoms with Crippen LogP contribution < -0.4 is 5.32 Å². The first-order valence-electron chi connectivity index (χ1n) is 6.47. The lowest BCUT2D eigenvalue weighted by Gasteiger charge is -2.25. The van der Waals surface area contributed by atoms with Gasteiger partial charge in [-0.3, -0.25) is 0 Å². The van der Waals surface area contributed by atoms with E-state index in [0.29, 0.717) is 17.5 Å². The lowest BCUT2D eigenvalue weighted by Crippen LogP contribution is -2.27. The largest absolute Gasteiger partial charge is 0.393 e. The van der Waals surface area contributed by atoms with E-state index in [0.717, 1.165) is 37.8 Å². The lowest BCUT2D eigenvalue weighted by atomic mass is 9.87. The molecule has 0 heterocycles. The molecule has 2 N–H and O–H groups in total. The van der Waals surface area contributed by atoms with Crippen molar-refractivity contribution in [1.29, 1.82) is 0 Å². The second kappa shape index (κ2) is 6.50. The minimum atomic E-state index is -0.292. The van der Waals surface area contributed by atoms with Gasteiger partial charge in [-0.15, -0.1) is 0 Å². The zero-order valence-electron chi connectivity index (χ0n) is 10.3. The molecule has 0 atom stereocenters. The van der Waals surface area contributed by atoms with Crippen LogP contribution in [-0.2, 0) is 6.54 Å². The summed E-state index contributed by atoms with van der Waals surface area (Å²) < 4.78 is 13.1. The van der Waals surface area contributed by atoms with Crippen LogP contribution in [-0.4, -0.2) is 17.8 Å². The molecule has 1 aliphatic carbocycles. The van der Waals surface area contributed by atoms with E-state index in [1.165, 1.54) is 12.1 Å². The van der Waals surface area contributed by atoms with Gasteiger partial charge in [0.2, 0.25) is 0 Å². The predicted octanol–water partition coefficient (Wildman–Crippen LogP) is 3.12. The van der Waals surface area contributed by atoms with E-state index in [1.54, 1.807) is 6.07 Å². The van der Waals surface area contributed by atoms with Crippen LogP contribution in [0.1, 0.15) is 31.2 Å². The van der Waals surface area contributed by atoms with E-state index in [1.807, 2.05) is 0 Å². The summed E-state index contributed by atoms with van der Waals surface area (Å²) in [5.74, 6) is 0.331. The summed E-state index contributed by atoms with van der Waals surface area (Å²) in [6.07, 6.45) is 3.83. The van der Waals surface area contributed by atoms with Crippen molar-refractivity contribution in [3.05, 3.63) is 34.6 Å². The van der Waals surface area contributed by atoms with Gasteiger partial charge in [0, 0.05) is 11.6 Å². The van der Waals surface area contributed by atoms with Crippen molar-refractivity contribution in [1.82, 2.24) is 5.32 Å². The quantitative estimate of drug-likeness (QED) is 0.882. The molecule has 1 aromatic carbocycles. The summed E-state index contributed by atoms with van der Waals surface area (Å²) in [4.78, 5) is 0. The highest BCUT2D eigenvalue weighted by Crippen LogP contribution is 2.23. The van der Waals surface area contributed by atoms with E-state index < -0.39 is 0 Å². The molecule has 4 heteroatoms. The Morgan fingerprint density at radius 3 is 2.61 bits per heavy atom. The molecular weight excluding hydrogens is 253 g/mol. The van der Waals surface area contributed by atoms with Gasteiger partial charge in [0.15, 0.2) is 0 Å². The van der Waals surface area contributed by atoms with Gasteiger partial charge >= 0.3 is 0 Å². The number of halogens is 2. The topological polar surface area (TPSA) is 32.3 Å². The number of rotatable bonds is 4. The molecule has 0 unspecified atom stereocenters. The van der Waals surface area contributed by atoms with Crippen molar-refractivity contribution in [3.8, 4) is 0 Å². The Bertz CT molecular complexity index is 371. The Morgan fingerprint density at radius 1 is 1.22 bits per heavy atom. The van der Waals surface area contributed by atoms with Crippen LogP contribution in [0.4, 0.5) is 4.39 Å². The Labute approximate surface area is 112 Å². The van der Waals surface area contributed by atoms with Gasteiger partial charge in [0.25, 0.3) is 0 Å². The first kappa shape index (κ1) is 13.8. The van der Waals surface area contributed by atoms with Crippen LogP contribution in [0, 0.1) is 11.7 Å². The van der Waals surface area contributed by atoms with Crippen molar-refractivity contribution >= 4 is 11.6 Å². The molecule has 18 heavy (non-hydrogen) atoms. The molecule has 0 bridgehead atoms. The molecule has 0 radical (unpaired) electrons. The van der Waals surface area contributed by atoms with Crippen molar-refractivity contribution in [2.24, 2.45) is 5.92 Å². The fourth-order valence-corrected chi connectivity index (χ4v) is 2.73. The molecule has 0 spiro atoms. The molecule has 0 saturated heterocycles. The first-order chi connectivity index (χ1) is 8.63. The fourth-order valence-electron chi connectivity index (χ4n) is 2.48. The number of benzene rings is 1. The molecule has 100 valence electrons. The van der Waals surface area contributed by atoms with E-state index >= 15 is 0 Å². The van der Waals surface area contributed by atoms with Gasteiger partial charge in [-0.2, -0.15) is 0 Å². The third-order valence-corrected chi connectivity index (χ3v) is 3.72. The zero-order valence-corrected chi connectivity index (χ0v) is 11.1. The zero-order chi connectivity index (χ0) is 13.0. The summed E-state index contributed by atoms with van der Waals surface area (Å²) in [6, 6.07) is 4.60. The van der Waals surface area contributed by atoms with Crippen molar-refractivity contribution in [2.75, 3.05) is 6.54 Å². The van der Waals surface area contributed by atoms with Crippen molar-refractivity contribution in [3.63, 3.8) is 0 Å². The van der Waals surface area contributed by atoms with Crippen molar-refractivity contribution in [2.45, 2.75) is 38.3 Å². The normalized spacial score (nSPS) is 24.2. The molecule has 0 aliphatic heterocycles. The molecule has 1 aliphatic rings. The molecule has 0 aromatic heterocycles. The number of nitrogens with one attached hydrogen (secondary N) is 1. The van der Waals surface area contributed by atoms with E-state index in [2.05, 4.69) is 5.32 Å². The van der Waals surface area contributed by atoms with E-state index in [4.69, 9.17) is 11.6 Å². The molecular formula is C14H19ClFNO. The van der Waals surface area contributed by atoms with Crippen molar-refractivity contribution < 1.29 is 9.50 Å². The van der Waals surface area contributed by atoms with Crippen LogP contribution in [0.2, 0.25) is 5.02 Å². The molecule has 2 nitrogen and oxygen atoms in total. The maximum atomic E-state index is 13.1. The summed E-state index contributed by atoms with van der Waals surface area (Å²) in [5.41, 5.74) is 0.871. The van der Waals surface area contributed by atoms with E-state index in [9.17, 15) is 9.50 Å². The Kier molecular flexibility index (Phi) is 4.98. The van der Waals surface area contributed by atoms with Gasteiger partial charge < -0.3 is 10.4 Å². The van der Waals surface area contributed by atoms with Crippen LogP contribution in [0.25, 0.3) is 0 Å². The number of aliphatic hydroxyl groups excluding tert-OH is 1. The third-order valence-electron chi connectivity index (χ3n) is 3.50. The molecule has 1 fully saturated rings. The molecule has 1 saturated carbocycles.